The highest BCUT2D eigenvalue weighted by Crippen LogP contribution is 2.24. The van der Waals surface area contributed by atoms with E-state index in [2.05, 4.69) is 10.6 Å². The minimum Gasteiger partial charge on any atom is -0.478 e. The Labute approximate surface area is 127 Å². The van der Waals surface area contributed by atoms with Crippen LogP contribution in [0.5, 0.6) is 0 Å². The van der Waals surface area contributed by atoms with Crippen molar-refractivity contribution in [1.82, 2.24) is 0 Å². The van der Waals surface area contributed by atoms with E-state index in [4.69, 9.17) is 15.1 Å². The molecule has 0 radical (unpaired) electrons. The largest absolute Gasteiger partial charge is 0.478 e. The number of carbonyl (C=O) groups excluding carboxylic acids is 1. The van der Waals surface area contributed by atoms with Crippen molar-refractivity contribution in [2.45, 2.75) is 25.4 Å². The molecule has 0 bridgehead atoms. The zero-order valence-electron chi connectivity index (χ0n) is 12.0. The van der Waals surface area contributed by atoms with Crippen LogP contribution >= 0.6 is 0 Å². The number of carboxylic acids is 1. The number of ether oxygens (including phenoxy) is 1. The fraction of sp³-hybridized carbons (Fsp3) is 0.400. The lowest BCUT2D eigenvalue weighted by atomic mass is 10.1. The zero-order chi connectivity index (χ0) is 15.9. The zero-order valence-corrected chi connectivity index (χ0v) is 12.0. The highest BCUT2D eigenvalue weighted by Gasteiger charge is 2.16. The summed E-state index contributed by atoms with van der Waals surface area (Å²) in [4.78, 5) is 22.6. The molecule has 1 aromatic rings. The van der Waals surface area contributed by atoms with E-state index in [1.54, 1.807) is 12.1 Å². The number of anilines is 2. The van der Waals surface area contributed by atoms with Gasteiger partial charge >= 0.3 is 5.97 Å². The van der Waals surface area contributed by atoms with Crippen molar-refractivity contribution in [2.24, 2.45) is 0 Å². The van der Waals surface area contributed by atoms with Gasteiger partial charge in [0.15, 0.2) is 0 Å². The van der Waals surface area contributed by atoms with Crippen molar-refractivity contribution in [2.75, 3.05) is 23.8 Å². The SMILES string of the molecule is N#CCC(=O)Nc1cc(C(=O)O)ccc1NCC1CCCO1. The number of nitrogens with zero attached hydrogens (tertiary/aromatic N) is 1. The summed E-state index contributed by atoms with van der Waals surface area (Å²) in [6.07, 6.45) is 1.82. The van der Waals surface area contributed by atoms with Crippen molar-refractivity contribution < 1.29 is 19.4 Å². The molecule has 1 amide bonds. The van der Waals surface area contributed by atoms with Crippen LogP contribution in [0.25, 0.3) is 0 Å². The van der Waals surface area contributed by atoms with Gasteiger partial charge in [-0.25, -0.2) is 4.79 Å². The summed E-state index contributed by atoms with van der Waals surface area (Å²) in [7, 11) is 0. The number of hydrogen-bond acceptors (Lipinski definition) is 5. The lowest BCUT2D eigenvalue weighted by molar-refractivity contribution is -0.115. The van der Waals surface area contributed by atoms with E-state index in [0.717, 1.165) is 19.4 Å². The fourth-order valence-electron chi connectivity index (χ4n) is 2.23. The van der Waals surface area contributed by atoms with Gasteiger partial charge in [0.2, 0.25) is 5.91 Å². The van der Waals surface area contributed by atoms with Gasteiger partial charge in [0.25, 0.3) is 0 Å². The number of nitrogens with one attached hydrogen (secondary N) is 2. The molecule has 0 saturated carbocycles. The Morgan fingerprint density at radius 1 is 1.41 bits per heavy atom. The molecular formula is C15H17N3O4. The Kier molecular flexibility index (Phi) is 5.33. The number of benzene rings is 1. The molecule has 0 aromatic heterocycles. The normalized spacial score (nSPS) is 16.8. The summed E-state index contributed by atoms with van der Waals surface area (Å²) in [6.45, 7) is 1.32. The summed E-state index contributed by atoms with van der Waals surface area (Å²) in [6, 6.07) is 6.18. The number of aromatic carboxylic acids is 1. The maximum absolute atomic E-state index is 11.6. The Bertz CT molecular complexity index is 603. The average Bonchev–Trinajstić information content (AvgIpc) is 2.99. The first-order valence-electron chi connectivity index (χ1n) is 7.00. The quantitative estimate of drug-likeness (QED) is 0.739. The molecule has 1 aliphatic heterocycles. The van der Waals surface area contributed by atoms with Gasteiger partial charge in [-0.05, 0) is 31.0 Å². The monoisotopic (exact) mass is 303 g/mol. The van der Waals surface area contributed by atoms with Gasteiger partial charge < -0.3 is 20.5 Å². The molecular weight excluding hydrogens is 286 g/mol. The van der Waals surface area contributed by atoms with Crippen LogP contribution in [-0.2, 0) is 9.53 Å². The van der Waals surface area contributed by atoms with Crippen LogP contribution in [0.2, 0.25) is 0 Å². The van der Waals surface area contributed by atoms with E-state index in [9.17, 15) is 9.59 Å². The number of amides is 1. The topological polar surface area (TPSA) is 111 Å². The van der Waals surface area contributed by atoms with Crippen LogP contribution in [0.1, 0.15) is 29.6 Å². The van der Waals surface area contributed by atoms with Crippen molar-refractivity contribution in [3.05, 3.63) is 23.8 Å². The Hall–Kier alpha value is -2.59. The minimum atomic E-state index is -1.08. The first-order valence-corrected chi connectivity index (χ1v) is 7.00. The smallest absolute Gasteiger partial charge is 0.335 e. The van der Waals surface area contributed by atoms with Crippen molar-refractivity contribution in [1.29, 1.82) is 5.26 Å². The third kappa shape index (κ3) is 4.20. The average molecular weight is 303 g/mol. The summed E-state index contributed by atoms with van der Waals surface area (Å²) in [5.74, 6) is -1.56. The van der Waals surface area contributed by atoms with Crippen LogP contribution < -0.4 is 10.6 Å². The predicted octanol–water partition coefficient (Wildman–Crippen LogP) is 1.83. The van der Waals surface area contributed by atoms with Crippen molar-refractivity contribution in [3.63, 3.8) is 0 Å². The second-order valence-electron chi connectivity index (χ2n) is 4.96. The molecule has 1 atom stereocenters. The summed E-state index contributed by atoms with van der Waals surface area (Å²) >= 11 is 0. The molecule has 1 heterocycles. The first kappa shape index (κ1) is 15.8. The predicted molar refractivity (Wildman–Crippen MR) is 79.7 cm³/mol. The second-order valence-corrected chi connectivity index (χ2v) is 4.96. The molecule has 1 unspecified atom stereocenters. The van der Waals surface area contributed by atoms with Crippen LogP contribution in [-0.4, -0.2) is 36.2 Å². The van der Waals surface area contributed by atoms with Crippen LogP contribution in [0.3, 0.4) is 0 Å². The molecule has 1 fully saturated rings. The van der Waals surface area contributed by atoms with Gasteiger partial charge in [0.05, 0.1) is 29.1 Å². The standard InChI is InChI=1S/C15H17N3O4/c16-6-5-14(19)18-13-8-10(15(20)21)3-4-12(13)17-9-11-2-1-7-22-11/h3-4,8,11,17H,1-2,5,7,9H2,(H,18,19)(H,20,21). The van der Waals surface area contributed by atoms with Gasteiger partial charge in [-0.2, -0.15) is 5.26 Å². The van der Waals surface area contributed by atoms with Crippen LogP contribution in [0.15, 0.2) is 18.2 Å². The second kappa shape index (κ2) is 7.43. The van der Waals surface area contributed by atoms with Crippen LogP contribution in [0, 0.1) is 11.3 Å². The van der Waals surface area contributed by atoms with Gasteiger partial charge in [0.1, 0.15) is 6.42 Å². The summed E-state index contributed by atoms with van der Waals surface area (Å²) in [5.41, 5.74) is 1.01. The van der Waals surface area contributed by atoms with E-state index in [0.29, 0.717) is 17.9 Å². The maximum atomic E-state index is 11.6. The third-order valence-electron chi connectivity index (χ3n) is 3.32. The number of rotatable bonds is 6. The summed E-state index contributed by atoms with van der Waals surface area (Å²) < 4.78 is 5.51. The molecule has 2 rings (SSSR count). The van der Waals surface area contributed by atoms with Gasteiger partial charge in [-0.1, -0.05) is 0 Å². The molecule has 116 valence electrons. The number of hydrogen-bond donors (Lipinski definition) is 3. The van der Waals surface area contributed by atoms with E-state index in [-0.39, 0.29) is 18.1 Å². The Balaban J connectivity index is 2.13. The molecule has 7 heteroatoms. The molecule has 3 N–H and O–H groups in total. The fourth-order valence-corrected chi connectivity index (χ4v) is 2.23. The Morgan fingerprint density at radius 3 is 2.86 bits per heavy atom. The molecule has 0 aliphatic carbocycles. The minimum absolute atomic E-state index is 0.0647. The van der Waals surface area contributed by atoms with E-state index < -0.39 is 11.9 Å². The number of carboxylic acid groups (broad SMARTS) is 1. The molecule has 1 aromatic carbocycles. The molecule has 0 spiro atoms. The molecule has 7 nitrogen and oxygen atoms in total. The number of nitriles is 1. The van der Waals surface area contributed by atoms with E-state index >= 15 is 0 Å². The van der Waals surface area contributed by atoms with Gasteiger partial charge in [0, 0.05) is 13.2 Å². The molecule has 1 aliphatic rings. The van der Waals surface area contributed by atoms with Crippen molar-refractivity contribution in [3.8, 4) is 6.07 Å². The highest BCUT2D eigenvalue weighted by atomic mass is 16.5. The lowest BCUT2D eigenvalue weighted by Crippen LogP contribution is -2.20. The first-order chi connectivity index (χ1) is 10.6. The summed E-state index contributed by atoms with van der Waals surface area (Å²) in [5, 5.41) is 23.3. The van der Waals surface area contributed by atoms with Gasteiger partial charge in [-0.15, -0.1) is 0 Å². The van der Waals surface area contributed by atoms with Gasteiger partial charge in [-0.3, -0.25) is 4.79 Å². The van der Waals surface area contributed by atoms with E-state index in [1.165, 1.54) is 12.1 Å². The van der Waals surface area contributed by atoms with E-state index in [1.807, 2.05) is 0 Å². The van der Waals surface area contributed by atoms with Crippen molar-refractivity contribution >= 4 is 23.3 Å². The number of carbonyl (C=O) groups is 2. The third-order valence-corrected chi connectivity index (χ3v) is 3.32. The Morgan fingerprint density at radius 2 is 2.23 bits per heavy atom. The maximum Gasteiger partial charge on any atom is 0.335 e. The lowest BCUT2D eigenvalue weighted by Gasteiger charge is -2.16. The molecule has 1 saturated heterocycles. The highest BCUT2D eigenvalue weighted by molar-refractivity contribution is 5.98. The molecule has 22 heavy (non-hydrogen) atoms. The van der Waals surface area contributed by atoms with Crippen LogP contribution in [0.4, 0.5) is 11.4 Å².